The lowest BCUT2D eigenvalue weighted by atomic mass is 9.84. The molecular formula is C16H32N2S. The molecule has 112 valence electrons. The van der Waals surface area contributed by atoms with Crippen molar-refractivity contribution in [3.05, 3.63) is 0 Å². The smallest absolute Gasteiger partial charge is 0.0259 e. The van der Waals surface area contributed by atoms with Crippen LogP contribution in [0.4, 0.5) is 0 Å². The van der Waals surface area contributed by atoms with E-state index >= 15 is 0 Å². The standard InChI is InChI=1S/C16H32N2S/c1-6-13-10-17-14(15(2,3)4)11-18(13)12-16(5)8-7-9-19-16/h13-14,17H,6-12H2,1-5H3. The van der Waals surface area contributed by atoms with E-state index in [9.17, 15) is 0 Å². The summed E-state index contributed by atoms with van der Waals surface area (Å²) in [5, 5.41) is 3.78. The summed E-state index contributed by atoms with van der Waals surface area (Å²) in [6.07, 6.45) is 4.08. The predicted octanol–water partition coefficient (Wildman–Crippen LogP) is 3.37. The van der Waals surface area contributed by atoms with Crippen molar-refractivity contribution in [2.75, 3.05) is 25.4 Å². The number of thioether (sulfide) groups is 1. The molecule has 0 aromatic rings. The van der Waals surface area contributed by atoms with Gasteiger partial charge in [-0.2, -0.15) is 11.8 Å². The first kappa shape index (κ1) is 15.7. The third kappa shape index (κ3) is 3.89. The van der Waals surface area contributed by atoms with Crippen LogP contribution < -0.4 is 5.32 Å². The Morgan fingerprint density at radius 3 is 2.63 bits per heavy atom. The van der Waals surface area contributed by atoms with E-state index in [1.54, 1.807) is 0 Å². The van der Waals surface area contributed by atoms with Crippen molar-refractivity contribution in [3.63, 3.8) is 0 Å². The number of piperazine rings is 1. The van der Waals surface area contributed by atoms with Gasteiger partial charge in [-0.05, 0) is 37.4 Å². The molecule has 0 aromatic carbocycles. The molecule has 3 unspecified atom stereocenters. The van der Waals surface area contributed by atoms with Crippen molar-refractivity contribution in [2.24, 2.45) is 5.41 Å². The number of hydrogen-bond acceptors (Lipinski definition) is 3. The summed E-state index contributed by atoms with van der Waals surface area (Å²) < 4.78 is 0.507. The van der Waals surface area contributed by atoms with Crippen molar-refractivity contribution in [1.29, 1.82) is 0 Å². The molecule has 0 aromatic heterocycles. The zero-order chi connectivity index (χ0) is 14.1. The lowest BCUT2D eigenvalue weighted by molar-refractivity contribution is 0.0761. The van der Waals surface area contributed by atoms with Crippen LogP contribution in [0.5, 0.6) is 0 Å². The molecule has 3 atom stereocenters. The summed E-state index contributed by atoms with van der Waals surface area (Å²) in [5.74, 6) is 1.36. The summed E-state index contributed by atoms with van der Waals surface area (Å²) in [7, 11) is 0. The fourth-order valence-corrected chi connectivity index (χ4v) is 4.75. The van der Waals surface area contributed by atoms with Gasteiger partial charge >= 0.3 is 0 Å². The van der Waals surface area contributed by atoms with Crippen molar-refractivity contribution in [2.45, 2.75) is 70.7 Å². The van der Waals surface area contributed by atoms with Gasteiger partial charge in [0.25, 0.3) is 0 Å². The predicted molar refractivity (Wildman–Crippen MR) is 87.0 cm³/mol. The summed E-state index contributed by atoms with van der Waals surface area (Å²) in [6, 6.07) is 1.36. The van der Waals surface area contributed by atoms with Gasteiger partial charge in [0.1, 0.15) is 0 Å². The molecule has 0 aliphatic carbocycles. The lowest BCUT2D eigenvalue weighted by Gasteiger charge is -2.47. The first-order chi connectivity index (χ1) is 8.84. The second kappa shape index (κ2) is 5.95. The topological polar surface area (TPSA) is 15.3 Å². The molecule has 19 heavy (non-hydrogen) atoms. The van der Waals surface area contributed by atoms with Crippen LogP contribution in [-0.2, 0) is 0 Å². The first-order valence-corrected chi connectivity index (χ1v) is 8.94. The average molecular weight is 285 g/mol. The maximum Gasteiger partial charge on any atom is 0.0259 e. The maximum atomic E-state index is 3.78. The van der Waals surface area contributed by atoms with Crippen LogP contribution in [0.3, 0.4) is 0 Å². The van der Waals surface area contributed by atoms with E-state index in [4.69, 9.17) is 0 Å². The Kier molecular flexibility index (Phi) is 4.90. The van der Waals surface area contributed by atoms with Crippen molar-refractivity contribution < 1.29 is 0 Å². The molecule has 1 N–H and O–H groups in total. The molecule has 0 bridgehead atoms. The van der Waals surface area contributed by atoms with Crippen LogP contribution >= 0.6 is 11.8 Å². The van der Waals surface area contributed by atoms with Gasteiger partial charge in [0.2, 0.25) is 0 Å². The Morgan fingerprint density at radius 1 is 1.37 bits per heavy atom. The van der Waals surface area contributed by atoms with Crippen molar-refractivity contribution in [3.8, 4) is 0 Å². The number of hydrogen-bond donors (Lipinski definition) is 1. The summed E-state index contributed by atoms with van der Waals surface area (Å²) in [5.41, 5.74) is 0.362. The van der Waals surface area contributed by atoms with Crippen LogP contribution in [0.1, 0.15) is 53.9 Å². The minimum atomic E-state index is 0.362. The molecule has 0 saturated carbocycles. The van der Waals surface area contributed by atoms with Gasteiger partial charge < -0.3 is 5.32 Å². The second-order valence-corrected chi connectivity index (χ2v) is 9.40. The third-order valence-electron chi connectivity index (χ3n) is 4.89. The lowest BCUT2D eigenvalue weighted by Crippen LogP contribution is -2.61. The van der Waals surface area contributed by atoms with Gasteiger partial charge in [0.05, 0.1) is 0 Å². The van der Waals surface area contributed by atoms with E-state index in [2.05, 4.69) is 56.6 Å². The summed E-state index contributed by atoms with van der Waals surface area (Å²) in [4.78, 5) is 2.78. The Bertz CT molecular complexity index is 292. The molecular weight excluding hydrogens is 252 g/mol. The van der Waals surface area contributed by atoms with Gasteiger partial charge in [-0.1, -0.05) is 27.7 Å². The van der Waals surface area contributed by atoms with Crippen molar-refractivity contribution >= 4 is 11.8 Å². The monoisotopic (exact) mass is 284 g/mol. The van der Waals surface area contributed by atoms with Crippen LogP contribution in [0.15, 0.2) is 0 Å². The minimum absolute atomic E-state index is 0.362. The quantitative estimate of drug-likeness (QED) is 0.855. The van der Waals surface area contributed by atoms with E-state index in [-0.39, 0.29) is 0 Å². The summed E-state index contributed by atoms with van der Waals surface area (Å²) >= 11 is 2.20. The number of nitrogens with one attached hydrogen (secondary N) is 1. The normalized spacial score (nSPS) is 37.7. The molecule has 0 radical (unpaired) electrons. The highest BCUT2D eigenvalue weighted by Gasteiger charge is 2.38. The van der Waals surface area contributed by atoms with Gasteiger partial charge in [-0.25, -0.2) is 0 Å². The Balaban J connectivity index is 2.01. The molecule has 2 saturated heterocycles. The van der Waals surface area contributed by atoms with Crippen molar-refractivity contribution in [1.82, 2.24) is 10.2 Å². The summed E-state index contributed by atoms with van der Waals surface area (Å²) in [6.45, 7) is 15.6. The Morgan fingerprint density at radius 2 is 2.11 bits per heavy atom. The molecule has 2 fully saturated rings. The molecule has 3 heteroatoms. The molecule has 2 rings (SSSR count). The van der Waals surface area contributed by atoms with E-state index in [1.165, 1.54) is 44.6 Å². The fraction of sp³-hybridized carbons (Fsp3) is 1.00. The van der Waals surface area contributed by atoms with E-state index in [0.717, 1.165) is 6.04 Å². The first-order valence-electron chi connectivity index (χ1n) is 7.95. The Hall–Kier alpha value is 0.270. The molecule has 2 nitrogen and oxygen atoms in total. The van der Waals surface area contributed by atoms with Gasteiger partial charge in [-0.15, -0.1) is 0 Å². The van der Waals surface area contributed by atoms with Crippen LogP contribution in [0.2, 0.25) is 0 Å². The molecule has 0 spiro atoms. The molecule has 2 aliphatic rings. The fourth-order valence-electron chi connectivity index (χ4n) is 3.42. The Labute approximate surface area is 124 Å². The SMILES string of the molecule is CCC1CNC(C(C)(C)C)CN1CC1(C)CCCS1. The van der Waals surface area contributed by atoms with E-state index in [0.29, 0.717) is 16.2 Å². The maximum absolute atomic E-state index is 3.78. The van der Waals surface area contributed by atoms with Crippen LogP contribution in [0, 0.1) is 5.41 Å². The van der Waals surface area contributed by atoms with E-state index < -0.39 is 0 Å². The highest BCUT2D eigenvalue weighted by Crippen LogP contribution is 2.39. The van der Waals surface area contributed by atoms with Gasteiger partial charge in [0.15, 0.2) is 0 Å². The van der Waals surface area contributed by atoms with Gasteiger partial charge in [-0.3, -0.25) is 4.90 Å². The van der Waals surface area contributed by atoms with Crippen LogP contribution in [-0.4, -0.2) is 47.1 Å². The average Bonchev–Trinajstić information content (AvgIpc) is 2.74. The highest BCUT2D eigenvalue weighted by molar-refractivity contribution is 8.00. The van der Waals surface area contributed by atoms with Gasteiger partial charge in [0, 0.05) is 36.5 Å². The largest absolute Gasteiger partial charge is 0.311 e. The number of rotatable bonds is 3. The third-order valence-corrected chi connectivity index (χ3v) is 6.41. The molecule has 0 amide bonds. The minimum Gasteiger partial charge on any atom is -0.311 e. The zero-order valence-corrected chi connectivity index (χ0v) is 14.3. The zero-order valence-electron chi connectivity index (χ0n) is 13.5. The molecule has 2 heterocycles. The number of nitrogens with zero attached hydrogens (tertiary/aromatic N) is 1. The van der Waals surface area contributed by atoms with Crippen LogP contribution in [0.25, 0.3) is 0 Å². The second-order valence-electron chi connectivity index (χ2n) is 7.72. The molecule has 2 aliphatic heterocycles. The highest BCUT2D eigenvalue weighted by atomic mass is 32.2. The van der Waals surface area contributed by atoms with E-state index in [1.807, 2.05) is 0 Å².